The molecule has 15 heavy (non-hydrogen) atoms. The van der Waals surface area contributed by atoms with Crippen LogP contribution in [0.2, 0.25) is 0 Å². The molecule has 0 spiro atoms. The van der Waals surface area contributed by atoms with Gasteiger partial charge < -0.3 is 4.90 Å². The lowest BCUT2D eigenvalue weighted by molar-refractivity contribution is 0.917. The number of thiophene rings is 1. The molecule has 2 heterocycles. The molecule has 2 aromatic heterocycles. The third-order valence-corrected chi connectivity index (χ3v) is 5.05. The predicted octanol–water partition coefficient (Wildman–Crippen LogP) is 4.37. The van der Waals surface area contributed by atoms with Gasteiger partial charge in [0.15, 0.2) is 5.13 Å². The van der Waals surface area contributed by atoms with Gasteiger partial charge in [0.2, 0.25) is 0 Å². The topological polar surface area (TPSA) is 16.1 Å². The molecule has 0 saturated heterocycles. The molecule has 0 amide bonds. The number of nitrogens with zero attached hydrogens (tertiary/aromatic N) is 2. The minimum Gasteiger partial charge on any atom is -0.347 e. The van der Waals surface area contributed by atoms with Crippen LogP contribution >= 0.6 is 54.5 Å². The van der Waals surface area contributed by atoms with E-state index in [1.807, 2.05) is 5.38 Å². The summed E-state index contributed by atoms with van der Waals surface area (Å²) in [5.41, 5.74) is 1.31. The minimum atomic E-state index is 0.891. The van der Waals surface area contributed by atoms with Crippen molar-refractivity contribution in [2.24, 2.45) is 0 Å². The smallest absolute Gasteiger partial charge is 0.186 e. The fraction of sp³-hybridized carbons (Fsp3) is 0.222. The molecule has 80 valence electrons. The zero-order valence-corrected chi connectivity index (χ0v) is 12.7. The molecule has 0 saturated carbocycles. The summed E-state index contributed by atoms with van der Waals surface area (Å²) in [5.74, 6) is 0. The van der Waals surface area contributed by atoms with Gasteiger partial charge in [0.1, 0.15) is 4.60 Å². The van der Waals surface area contributed by atoms with Crippen molar-refractivity contribution in [3.8, 4) is 0 Å². The lowest BCUT2D eigenvalue weighted by Crippen LogP contribution is -2.15. The van der Waals surface area contributed by atoms with Gasteiger partial charge in [-0.3, -0.25) is 0 Å². The van der Waals surface area contributed by atoms with E-state index < -0.39 is 0 Å². The van der Waals surface area contributed by atoms with Gasteiger partial charge in [-0.25, -0.2) is 4.98 Å². The van der Waals surface area contributed by atoms with E-state index in [2.05, 4.69) is 60.2 Å². The van der Waals surface area contributed by atoms with Gasteiger partial charge in [-0.05, 0) is 48.9 Å². The van der Waals surface area contributed by atoms with Crippen molar-refractivity contribution in [3.63, 3.8) is 0 Å². The van der Waals surface area contributed by atoms with Crippen LogP contribution < -0.4 is 4.90 Å². The van der Waals surface area contributed by atoms with Gasteiger partial charge >= 0.3 is 0 Å². The van der Waals surface area contributed by atoms with Gasteiger partial charge in [0.25, 0.3) is 0 Å². The number of rotatable bonds is 3. The number of halogens is 2. The zero-order valence-electron chi connectivity index (χ0n) is 7.91. The van der Waals surface area contributed by atoms with E-state index in [-0.39, 0.29) is 0 Å². The number of anilines is 1. The summed E-state index contributed by atoms with van der Waals surface area (Å²) in [4.78, 5) is 6.51. The summed E-state index contributed by atoms with van der Waals surface area (Å²) in [6.07, 6.45) is 0. The number of hydrogen-bond donors (Lipinski definition) is 0. The van der Waals surface area contributed by atoms with Crippen LogP contribution in [0.1, 0.15) is 5.56 Å². The monoisotopic (exact) mass is 366 g/mol. The van der Waals surface area contributed by atoms with Crippen molar-refractivity contribution in [1.29, 1.82) is 0 Å². The normalized spacial score (nSPS) is 10.6. The van der Waals surface area contributed by atoms with Crippen LogP contribution in [-0.2, 0) is 6.54 Å². The first kappa shape index (κ1) is 11.6. The van der Waals surface area contributed by atoms with Crippen molar-refractivity contribution < 1.29 is 0 Å². The third-order valence-electron chi connectivity index (χ3n) is 1.83. The quantitative estimate of drug-likeness (QED) is 0.800. The molecule has 2 rings (SSSR count). The van der Waals surface area contributed by atoms with E-state index in [4.69, 9.17) is 0 Å². The molecule has 0 atom stereocenters. The van der Waals surface area contributed by atoms with E-state index in [0.29, 0.717) is 0 Å². The maximum Gasteiger partial charge on any atom is 0.186 e. The summed E-state index contributed by atoms with van der Waals surface area (Å²) in [6.45, 7) is 0.891. The molecular formula is C9H8Br2N2S2. The van der Waals surface area contributed by atoms with Crippen LogP contribution in [0.4, 0.5) is 5.13 Å². The fourth-order valence-corrected chi connectivity index (χ4v) is 3.61. The summed E-state index contributed by atoms with van der Waals surface area (Å²) in [7, 11) is 2.05. The van der Waals surface area contributed by atoms with Gasteiger partial charge in [0, 0.05) is 19.0 Å². The molecular weight excluding hydrogens is 360 g/mol. The highest BCUT2D eigenvalue weighted by atomic mass is 79.9. The van der Waals surface area contributed by atoms with E-state index in [0.717, 1.165) is 16.3 Å². The van der Waals surface area contributed by atoms with Crippen LogP contribution in [0.3, 0.4) is 0 Å². The molecule has 0 aliphatic carbocycles. The Kier molecular flexibility index (Phi) is 3.82. The second-order valence-electron chi connectivity index (χ2n) is 3.07. The van der Waals surface area contributed by atoms with E-state index in [1.54, 1.807) is 22.7 Å². The van der Waals surface area contributed by atoms with Crippen molar-refractivity contribution in [2.45, 2.75) is 6.54 Å². The molecule has 6 heteroatoms. The van der Waals surface area contributed by atoms with Gasteiger partial charge in [0.05, 0.1) is 3.79 Å². The average Bonchev–Trinajstić information content (AvgIpc) is 2.75. The van der Waals surface area contributed by atoms with Crippen LogP contribution in [0, 0.1) is 0 Å². The predicted molar refractivity (Wildman–Crippen MR) is 73.9 cm³/mol. The Balaban J connectivity index is 2.06. The van der Waals surface area contributed by atoms with Crippen molar-refractivity contribution in [3.05, 3.63) is 30.8 Å². The van der Waals surface area contributed by atoms with E-state index in [9.17, 15) is 0 Å². The van der Waals surface area contributed by atoms with E-state index in [1.165, 1.54) is 9.35 Å². The second kappa shape index (κ2) is 4.95. The molecule has 2 aromatic rings. The standard InChI is InChI=1S/C9H8Br2N2S2/c1-13(9-12-7(10)5-15-9)3-6-2-8(11)14-4-6/h2,4-5H,3H2,1H3. The van der Waals surface area contributed by atoms with Gasteiger partial charge in [-0.2, -0.15) is 0 Å². The Morgan fingerprint density at radius 2 is 2.13 bits per heavy atom. The largest absolute Gasteiger partial charge is 0.347 e. The SMILES string of the molecule is CN(Cc1csc(Br)c1)c1nc(Br)cs1. The lowest BCUT2D eigenvalue weighted by atomic mass is 10.3. The molecule has 0 bridgehead atoms. The second-order valence-corrected chi connectivity index (χ2v) is 7.01. The number of hydrogen-bond acceptors (Lipinski definition) is 4. The molecule has 0 aliphatic heterocycles. The Morgan fingerprint density at radius 3 is 2.67 bits per heavy atom. The molecule has 0 fully saturated rings. The Bertz CT molecular complexity index is 452. The highest BCUT2D eigenvalue weighted by Crippen LogP contribution is 2.26. The van der Waals surface area contributed by atoms with Gasteiger partial charge in [-0.1, -0.05) is 0 Å². The molecule has 0 aromatic carbocycles. The van der Waals surface area contributed by atoms with Crippen LogP contribution in [0.5, 0.6) is 0 Å². The molecule has 0 unspecified atom stereocenters. The van der Waals surface area contributed by atoms with Crippen LogP contribution in [-0.4, -0.2) is 12.0 Å². The highest BCUT2D eigenvalue weighted by Gasteiger charge is 2.07. The molecule has 0 radical (unpaired) electrons. The number of aromatic nitrogens is 1. The Labute approximate surface area is 113 Å². The first-order valence-electron chi connectivity index (χ1n) is 4.20. The van der Waals surface area contributed by atoms with Crippen molar-refractivity contribution in [2.75, 3.05) is 11.9 Å². The Morgan fingerprint density at radius 1 is 1.33 bits per heavy atom. The summed E-state index contributed by atoms with van der Waals surface area (Å²) in [5, 5.41) is 5.18. The summed E-state index contributed by atoms with van der Waals surface area (Å²) in [6, 6.07) is 2.14. The third kappa shape index (κ3) is 3.03. The van der Waals surface area contributed by atoms with Gasteiger partial charge in [-0.15, -0.1) is 22.7 Å². The minimum absolute atomic E-state index is 0.891. The average molecular weight is 368 g/mol. The maximum absolute atomic E-state index is 4.37. The highest BCUT2D eigenvalue weighted by molar-refractivity contribution is 9.11. The first-order chi connectivity index (χ1) is 7.15. The van der Waals surface area contributed by atoms with E-state index >= 15 is 0 Å². The fourth-order valence-electron chi connectivity index (χ4n) is 1.19. The van der Waals surface area contributed by atoms with Crippen molar-refractivity contribution >= 4 is 59.7 Å². The molecule has 2 nitrogen and oxygen atoms in total. The maximum atomic E-state index is 4.37. The molecule has 0 aliphatic rings. The zero-order chi connectivity index (χ0) is 10.8. The number of thiazole rings is 1. The summed E-state index contributed by atoms with van der Waals surface area (Å²) < 4.78 is 2.08. The van der Waals surface area contributed by atoms with Crippen LogP contribution in [0.25, 0.3) is 0 Å². The lowest BCUT2D eigenvalue weighted by Gasteiger charge is -2.14. The Hall–Kier alpha value is 0.0900. The van der Waals surface area contributed by atoms with Crippen molar-refractivity contribution in [1.82, 2.24) is 4.98 Å². The molecule has 0 N–H and O–H groups in total. The summed E-state index contributed by atoms with van der Waals surface area (Å²) >= 11 is 10.2. The first-order valence-corrected chi connectivity index (χ1v) is 7.55. The van der Waals surface area contributed by atoms with Crippen LogP contribution in [0.15, 0.2) is 25.2 Å².